The lowest BCUT2D eigenvalue weighted by Gasteiger charge is -1.90. The van der Waals surface area contributed by atoms with E-state index in [4.69, 9.17) is 0 Å². The van der Waals surface area contributed by atoms with E-state index in [1.807, 2.05) is 26.3 Å². The van der Waals surface area contributed by atoms with Crippen LogP contribution in [-0.4, -0.2) is 13.3 Å². The van der Waals surface area contributed by atoms with Crippen molar-refractivity contribution in [1.82, 2.24) is 0 Å². The van der Waals surface area contributed by atoms with Crippen LogP contribution in [0.25, 0.3) is 0 Å². The largest absolute Gasteiger partial charge is 0.301 e. The maximum Gasteiger partial charge on any atom is 0.0273 e. The molecule has 0 N–H and O–H groups in total. The predicted octanol–water partition coefficient (Wildman–Crippen LogP) is 3.38. The quantitative estimate of drug-likeness (QED) is 0.325. The number of allylic oxidation sites excluding steroid dienone is 4. The van der Waals surface area contributed by atoms with Crippen LogP contribution in [0.3, 0.4) is 0 Å². The number of nitrogens with zero attached hydrogens (tertiary/aromatic N) is 1. The van der Waals surface area contributed by atoms with E-state index in [2.05, 4.69) is 23.2 Å². The first-order valence-corrected chi connectivity index (χ1v) is 4.60. The van der Waals surface area contributed by atoms with Crippen molar-refractivity contribution in [1.29, 1.82) is 0 Å². The first-order chi connectivity index (χ1) is 5.91. The van der Waals surface area contributed by atoms with Crippen molar-refractivity contribution < 1.29 is 0 Å². The van der Waals surface area contributed by atoms with Gasteiger partial charge in [0.2, 0.25) is 0 Å². The van der Waals surface area contributed by atoms with E-state index in [9.17, 15) is 0 Å². The molecule has 0 fully saturated rings. The van der Waals surface area contributed by atoms with E-state index < -0.39 is 0 Å². The molecule has 0 aromatic carbocycles. The number of unbranched alkanes of at least 4 members (excludes halogenated alkanes) is 3. The molecule has 1 heteroatoms. The number of hydrogen-bond donors (Lipinski definition) is 0. The van der Waals surface area contributed by atoms with Gasteiger partial charge < -0.3 is 4.99 Å². The SMILES string of the molecule is C/C=C/C=C/CCCCC=NC. The lowest BCUT2D eigenvalue weighted by molar-refractivity contribution is 0.782. The molecule has 0 spiro atoms. The fourth-order valence-corrected chi connectivity index (χ4v) is 0.913. The van der Waals surface area contributed by atoms with Crippen LogP contribution in [0, 0.1) is 0 Å². The number of rotatable bonds is 6. The Bertz CT molecular complexity index is 154. The van der Waals surface area contributed by atoms with Crippen LogP contribution in [0.1, 0.15) is 32.6 Å². The van der Waals surface area contributed by atoms with Crippen LogP contribution in [-0.2, 0) is 0 Å². The monoisotopic (exact) mass is 165 g/mol. The fourth-order valence-electron chi connectivity index (χ4n) is 0.913. The third kappa shape index (κ3) is 9.15. The third-order valence-electron chi connectivity index (χ3n) is 1.58. The molecule has 12 heavy (non-hydrogen) atoms. The van der Waals surface area contributed by atoms with E-state index in [0.29, 0.717) is 0 Å². The summed E-state index contributed by atoms with van der Waals surface area (Å²) in [6.45, 7) is 2.03. The molecule has 0 aromatic heterocycles. The Morgan fingerprint density at radius 1 is 1.08 bits per heavy atom. The Morgan fingerprint density at radius 3 is 2.50 bits per heavy atom. The summed E-state index contributed by atoms with van der Waals surface area (Å²) in [5, 5.41) is 0. The summed E-state index contributed by atoms with van der Waals surface area (Å²) in [4.78, 5) is 3.93. The minimum Gasteiger partial charge on any atom is -0.301 e. The van der Waals surface area contributed by atoms with E-state index in [-0.39, 0.29) is 0 Å². The topological polar surface area (TPSA) is 12.4 Å². The van der Waals surface area contributed by atoms with Gasteiger partial charge in [0, 0.05) is 7.05 Å². The van der Waals surface area contributed by atoms with Gasteiger partial charge in [0.25, 0.3) is 0 Å². The van der Waals surface area contributed by atoms with E-state index in [1.54, 1.807) is 0 Å². The molecule has 0 saturated heterocycles. The van der Waals surface area contributed by atoms with Crippen molar-refractivity contribution in [3.8, 4) is 0 Å². The van der Waals surface area contributed by atoms with Gasteiger partial charge in [0.05, 0.1) is 0 Å². The van der Waals surface area contributed by atoms with Crippen LogP contribution in [0.5, 0.6) is 0 Å². The Labute approximate surface area is 75.9 Å². The highest BCUT2D eigenvalue weighted by Gasteiger charge is 1.82. The molecule has 0 aliphatic rings. The molecule has 0 aromatic rings. The number of aliphatic imine (C=N–C) groups is 1. The van der Waals surface area contributed by atoms with Crippen LogP contribution in [0.4, 0.5) is 0 Å². The third-order valence-corrected chi connectivity index (χ3v) is 1.58. The second-order valence-corrected chi connectivity index (χ2v) is 2.68. The summed E-state index contributed by atoms with van der Waals surface area (Å²) in [6.07, 6.45) is 15.2. The molecule has 0 bridgehead atoms. The summed E-state index contributed by atoms with van der Waals surface area (Å²) in [5.41, 5.74) is 0. The second-order valence-electron chi connectivity index (χ2n) is 2.68. The standard InChI is InChI=1S/C11H19N/c1-3-4-5-6-7-8-9-10-11-12-2/h3-6,11H,7-10H2,1-2H3/b4-3+,6-5+,12-11?. The Kier molecular flexibility index (Phi) is 9.43. The molecule has 68 valence electrons. The molecule has 0 amide bonds. The molecule has 0 radical (unpaired) electrons. The van der Waals surface area contributed by atoms with Crippen LogP contribution >= 0.6 is 0 Å². The highest BCUT2D eigenvalue weighted by molar-refractivity contribution is 5.56. The predicted molar refractivity (Wildman–Crippen MR) is 56.8 cm³/mol. The van der Waals surface area contributed by atoms with Gasteiger partial charge in [-0.25, -0.2) is 0 Å². The van der Waals surface area contributed by atoms with E-state index >= 15 is 0 Å². The highest BCUT2D eigenvalue weighted by atomic mass is 14.6. The van der Waals surface area contributed by atoms with Gasteiger partial charge in [-0.15, -0.1) is 0 Å². The highest BCUT2D eigenvalue weighted by Crippen LogP contribution is 1.98. The summed E-state index contributed by atoms with van der Waals surface area (Å²) in [7, 11) is 1.83. The summed E-state index contributed by atoms with van der Waals surface area (Å²) in [6, 6.07) is 0. The van der Waals surface area contributed by atoms with Crippen molar-refractivity contribution in [2.45, 2.75) is 32.6 Å². The van der Waals surface area contributed by atoms with Crippen molar-refractivity contribution in [2.75, 3.05) is 7.05 Å². The van der Waals surface area contributed by atoms with Crippen molar-refractivity contribution in [2.24, 2.45) is 4.99 Å². The van der Waals surface area contributed by atoms with Gasteiger partial charge in [-0.3, -0.25) is 0 Å². The molecule has 0 aliphatic carbocycles. The minimum atomic E-state index is 1.12. The molecule has 0 atom stereocenters. The minimum absolute atomic E-state index is 1.12. The van der Waals surface area contributed by atoms with Gasteiger partial charge in [-0.05, 0) is 38.8 Å². The molecule has 0 heterocycles. The summed E-state index contributed by atoms with van der Waals surface area (Å²) in [5.74, 6) is 0. The lowest BCUT2D eigenvalue weighted by Crippen LogP contribution is -1.76. The lowest BCUT2D eigenvalue weighted by atomic mass is 10.2. The zero-order valence-corrected chi connectivity index (χ0v) is 8.16. The summed E-state index contributed by atoms with van der Waals surface area (Å²) >= 11 is 0. The van der Waals surface area contributed by atoms with Gasteiger partial charge in [-0.2, -0.15) is 0 Å². The normalized spacial score (nSPS) is 12.5. The Hall–Kier alpha value is -0.850. The average Bonchev–Trinajstić information content (AvgIpc) is 2.10. The fraction of sp³-hybridized carbons (Fsp3) is 0.545. The van der Waals surface area contributed by atoms with Gasteiger partial charge in [0.1, 0.15) is 0 Å². The first-order valence-electron chi connectivity index (χ1n) is 4.60. The zero-order valence-electron chi connectivity index (χ0n) is 8.16. The maximum absolute atomic E-state index is 3.93. The van der Waals surface area contributed by atoms with Crippen LogP contribution in [0.15, 0.2) is 29.3 Å². The molecule has 0 unspecified atom stereocenters. The molecule has 0 saturated carbocycles. The average molecular weight is 165 g/mol. The molecule has 0 aliphatic heterocycles. The Morgan fingerprint density at radius 2 is 1.83 bits per heavy atom. The Balaban J connectivity index is 3.10. The van der Waals surface area contributed by atoms with Crippen LogP contribution < -0.4 is 0 Å². The molecule has 0 rings (SSSR count). The van der Waals surface area contributed by atoms with Gasteiger partial charge >= 0.3 is 0 Å². The van der Waals surface area contributed by atoms with E-state index in [1.165, 1.54) is 19.3 Å². The number of hydrogen-bond acceptors (Lipinski definition) is 1. The van der Waals surface area contributed by atoms with Gasteiger partial charge in [0.15, 0.2) is 0 Å². The van der Waals surface area contributed by atoms with Crippen LogP contribution in [0.2, 0.25) is 0 Å². The van der Waals surface area contributed by atoms with Gasteiger partial charge in [-0.1, -0.05) is 24.3 Å². The van der Waals surface area contributed by atoms with Crippen molar-refractivity contribution in [3.05, 3.63) is 24.3 Å². The smallest absolute Gasteiger partial charge is 0.0273 e. The maximum atomic E-state index is 3.93. The van der Waals surface area contributed by atoms with Crippen molar-refractivity contribution in [3.63, 3.8) is 0 Å². The molecule has 1 nitrogen and oxygen atoms in total. The first kappa shape index (κ1) is 11.2. The second kappa shape index (κ2) is 10.2. The summed E-state index contributed by atoms with van der Waals surface area (Å²) < 4.78 is 0. The van der Waals surface area contributed by atoms with Crippen molar-refractivity contribution >= 4 is 6.21 Å². The molecular formula is C11H19N. The zero-order chi connectivity index (χ0) is 9.07. The molecular weight excluding hydrogens is 146 g/mol. The van der Waals surface area contributed by atoms with E-state index in [0.717, 1.165) is 6.42 Å².